The van der Waals surface area contributed by atoms with Gasteiger partial charge in [0.05, 0.1) is 4.88 Å². The summed E-state index contributed by atoms with van der Waals surface area (Å²) in [5.74, 6) is 0.0483. The van der Waals surface area contributed by atoms with Gasteiger partial charge in [0.1, 0.15) is 0 Å². The molecule has 0 bridgehead atoms. The highest BCUT2D eigenvalue weighted by molar-refractivity contribution is 7.14. The van der Waals surface area contributed by atoms with Crippen molar-refractivity contribution < 1.29 is 9.90 Å². The minimum atomic E-state index is 0.0483. The first-order valence-electron chi connectivity index (χ1n) is 7.74. The number of hydrogen-bond acceptors (Lipinski definition) is 3. The quantitative estimate of drug-likeness (QED) is 0.875. The van der Waals surface area contributed by atoms with Crippen molar-refractivity contribution in [1.82, 2.24) is 5.32 Å². The zero-order valence-corrected chi connectivity index (χ0v) is 13.1. The zero-order chi connectivity index (χ0) is 14.4. The first kappa shape index (κ1) is 15.5. The highest BCUT2D eigenvalue weighted by atomic mass is 32.1. The Morgan fingerprint density at radius 3 is 2.85 bits per heavy atom. The minimum absolute atomic E-state index is 0.0483. The number of nitrogens with one attached hydrogen (secondary N) is 1. The molecule has 1 atom stereocenters. The number of carbonyl (C=O) groups is 1. The van der Waals surface area contributed by atoms with E-state index in [1.165, 1.54) is 36.1 Å². The molecule has 1 aromatic heterocycles. The van der Waals surface area contributed by atoms with Crippen LogP contribution in [-0.2, 0) is 12.8 Å². The van der Waals surface area contributed by atoms with Gasteiger partial charge in [0.25, 0.3) is 5.91 Å². The number of rotatable bonds is 5. The van der Waals surface area contributed by atoms with Crippen molar-refractivity contribution >= 4 is 17.2 Å². The van der Waals surface area contributed by atoms with Crippen molar-refractivity contribution in [2.24, 2.45) is 0 Å². The van der Waals surface area contributed by atoms with Crippen molar-refractivity contribution in [3.63, 3.8) is 0 Å². The third-order valence-corrected chi connectivity index (χ3v) is 5.13. The van der Waals surface area contributed by atoms with Crippen LogP contribution in [0.4, 0.5) is 0 Å². The molecule has 0 radical (unpaired) electrons. The van der Waals surface area contributed by atoms with Crippen LogP contribution in [0.1, 0.15) is 65.6 Å². The molecular weight excluding hydrogens is 270 g/mol. The number of aliphatic hydroxyl groups is 1. The molecule has 0 spiro atoms. The van der Waals surface area contributed by atoms with E-state index in [0.717, 1.165) is 30.6 Å². The van der Waals surface area contributed by atoms with Crippen LogP contribution in [0, 0.1) is 0 Å². The van der Waals surface area contributed by atoms with Gasteiger partial charge in [-0.1, -0.05) is 12.8 Å². The molecule has 0 saturated carbocycles. The smallest absolute Gasteiger partial charge is 0.261 e. The normalized spacial score (nSPS) is 16.9. The molecule has 0 fully saturated rings. The Morgan fingerprint density at radius 2 is 2.10 bits per heavy atom. The Hall–Kier alpha value is -0.870. The number of hydrogen-bond donors (Lipinski definition) is 2. The van der Waals surface area contributed by atoms with Gasteiger partial charge >= 0.3 is 0 Å². The fourth-order valence-corrected chi connectivity index (χ4v) is 3.88. The summed E-state index contributed by atoms with van der Waals surface area (Å²) in [7, 11) is 0. The van der Waals surface area contributed by atoms with Crippen LogP contribution >= 0.6 is 11.3 Å². The second kappa shape index (κ2) is 7.79. The summed E-state index contributed by atoms with van der Waals surface area (Å²) < 4.78 is 0. The highest BCUT2D eigenvalue weighted by Gasteiger charge is 2.17. The van der Waals surface area contributed by atoms with E-state index in [0.29, 0.717) is 0 Å². The lowest BCUT2D eigenvalue weighted by molar-refractivity contribution is 0.0940. The number of fused-ring (bicyclic) bond motifs is 1. The maximum atomic E-state index is 12.2. The molecule has 112 valence electrons. The average molecular weight is 295 g/mol. The molecule has 3 nitrogen and oxygen atoms in total. The lowest BCUT2D eigenvalue weighted by Crippen LogP contribution is -2.32. The van der Waals surface area contributed by atoms with Crippen molar-refractivity contribution in [3.05, 3.63) is 21.4 Å². The first-order chi connectivity index (χ1) is 9.70. The minimum Gasteiger partial charge on any atom is -0.396 e. The van der Waals surface area contributed by atoms with Gasteiger partial charge in [-0.3, -0.25) is 4.79 Å². The molecule has 0 aromatic carbocycles. The molecule has 1 aliphatic carbocycles. The lowest BCUT2D eigenvalue weighted by Gasteiger charge is -2.11. The summed E-state index contributed by atoms with van der Waals surface area (Å²) in [5, 5.41) is 11.9. The fourth-order valence-electron chi connectivity index (χ4n) is 2.72. The van der Waals surface area contributed by atoms with Crippen molar-refractivity contribution in [2.75, 3.05) is 6.61 Å². The van der Waals surface area contributed by atoms with Crippen LogP contribution < -0.4 is 5.32 Å². The standard InChI is InChI=1S/C16H25NO2S/c1-12(7-6-10-18)17-16(19)15-11-13-8-4-2-3-5-9-14(13)20-15/h11-12,18H,2-10H2,1H3,(H,17,19). The zero-order valence-electron chi connectivity index (χ0n) is 12.3. The van der Waals surface area contributed by atoms with Crippen LogP contribution in [0.5, 0.6) is 0 Å². The summed E-state index contributed by atoms with van der Waals surface area (Å²) in [4.78, 5) is 14.5. The molecule has 20 heavy (non-hydrogen) atoms. The Morgan fingerprint density at radius 1 is 1.35 bits per heavy atom. The van der Waals surface area contributed by atoms with Crippen LogP contribution in [0.15, 0.2) is 6.07 Å². The predicted octanol–water partition coefficient (Wildman–Crippen LogP) is 3.30. The molecule has 1 amide bonds. The molecule has 1 aromatic rings. The summed E-state index contributed by atoms with van der Waals surface area (Å²) in [6, 6.07) is 2.22. The van der Waals surface area contributed by atoms with Crippen molar-refractivity contribution in [1.29, 1.82) is 0 Å². The largest absolute Gasteiger partial charge is 0.396 e. The second-order valence-corrected chi connectivity index (χ2v) is 6.85. The van der Waals surface area contributed by atoms with Gasteiger partial charge in [-0.2, -0.15) is 0 Å². The number of thiophene rings is 1. The van der Waals surface area contributed by atoms with E-state index in [2.05, 4.69) is 11.4 Å². The molecule has 0 aliphatic heterocycles. The molecular formula is C16H25NO2S. The first-order valence-corrected chi connectivity index (χ1v) is 8.55. The Kier molecular flexibility index (Phi) is 6.05. The Bertz CT molecular complexity index is 416. The number of amides is 1. The molecule has 2 rings (SSSR count). The summed E-state index contributed by atoms with van der Waals surface area (Å²) >= 11 is 1.67. The Labute approximate surface area is 125 Å². The van der Waals surface area contributed by atoms with E-state index in [-0.39, 0.29) is 18.6 Å². The van der Waals surface area contributed by atoms with E-state index < -0.39 is 0 Å². The van der Waals surface area contributed by atoms with Crippen LogP contribution in [-0.4, -0.2) is 23.7 Å². The van der Waals surface area contributed by atoms with Gasteiger partial charge in [-0.15, -0.1) is 11.3 Å². The van der Waals surface area contributed by atoms with Crippen LogP contribution in [0.2, 0.25) is 0 Å². The second-order valence-electron chi connectivity index (χ2n) is 5.71. The van der Waals surface area contributed by atoms with Gasteiger partial charge in [-0.05, 0) is 57.1 Å². The number of carbonyl (C=O) groups excluding carboxylic acids is 1. The third-order valence-electron chi connectivity index (χ3n) is 3.89. The van der Waals surface area contributed by atoms with Gasteiger partial charge in [0.2, 0.25) is 0 Å². The van der Waals surface area contributed by atoms with E-state index in [9.17, 15) is 4.79 Å². The van der Waals surface area contributed by atoms with E-state index in [4.69, 9.17) is 5.11 Å². The average Bonchev–Trinajstić information content (AvgIpc) is 2.79. The lowest BCUT2D eigenvalue weighted by atomic mass is 10.00. The number of aliphatic hydroxyl groups excluding tert-OH is 1. The number of aryl methyl sites for hydroxylation is 2. The molecule has 0 saturated heterocycles. The molecule has 2 N–H and O–H groups in total. The van der Waals surface area contributed by atoms with E-state index in [1.807, 2.05) is 6.92 Å². The predicted molar refractivity (Wildman–Crippen MR) is 83.4 cm³/mol. The van der Waals surface area contributed by atoms with Crippen LogP contribution in [0.3, 0.4) is 0 Å². The van der Waals surface area contributed by atoms with E-state index >= 15 is 0 Å². The summed E-state index contributed by atoms with van der Waals surface area (Å²) in [6.45, 7) is 2.19. The van der Waals surface area contributed by atoms with Gasteiger partial charge in [0, 0.05) is 17.5 Å². The van der Waals surface area contributed by atoms with Crippen molar-refractivity contribution in [3.8, 4) is 0 Å². The molecule has 1 unspecified atom stereocenters. The van der Waals surface area contributed by atoms with Crippen LogP contribution in [0.25, 0.3) is 0 Å². The van der Waals surface area contributed by atoms with Gasteiger partial charge in [-0.25, -0.2) is 0 Å². The Balaban J connectivity index is 1.97. The fraction of sp³-hybridized carbons (Fsp3) is 0.688. The van der Waals surface area contributed by atoms with Gasteiger partial charge in [0.15, 0.2) is 0 Å². The SMILES string of the molecule is CC(CCCO)NC(=O)c1cc2c(s1)CCCCCC2. The third kappa shape index (κ3) is 4.32. The van der Waals surface area contributed by atoms with Crippen molar-refractivity contribution in [2.45, 2.75) is 64.3 Å². The van der Waals surface area contributed by atoms with E-state index in [1.54, 1.807) is 11.3 Å². The highest BCUT2D eigenvalue weighted by Crippen LogP contribution is 2.28. The summed E-state index contributed by atoms with van der Waals surface area (Å²) in [5.41, 5.74) is 1.39. The molecule has 1 heterocycles. The summed E-state index contributed by atoms with van der Waals surface area (Å²) in [6.07, 6.45) is 8.95. The molecule has 1 aliphatic rings. The van der Waals surface area contributed by atoms with Gasteiger partial charge < -0.3 is 10.4 Å². The maximum absolute atomic E-state index is 12.2. The molecule has 4 heteroatoms. The topological polar surface area (TPSA) is 49.3 Å². The monoisotopic (exact) mass is 295 g/mol. The maximum Gasteiger partial charge on any atom is 0.261 e.